The molecule has 0 radical (unpaired) electrons. The fourth-order valence-electron chi connectivity index (χ4n) is 11.2. The number of Topliss-reactive ketones (excluding diaryl/α,β-unsaturated/α-hetero) is 3. The fourth-order valence-corrected chi connectivity index (χ4v) is 11.2. The third-order valence-electron chi connectivity index (χ3n) is 13.5. The van der Waals surface area contributed by atoms with Crippen molar-refractivity contribution in [1.29, 1.82) is 0 Å². The van der Waals surface area contributed by atoms with Crippen LogP contribution in [-0.2, 0) is 14.4 Å². The highest BCUT2D eigenvalue weighted by Gasteiger charge is 2.72. The largest absolute Gasteiger partial charge is 0.307 e. The van der Waals surface area contributed by atoms with Crippen LogP contribution in [0.4, 0.5) is 0 Å². The predicted molar refractivity (Wildman–Crippen MR) is 150 cm³/mol. The van der Waals surface area contributed by atoms with Crippen molar-refractivity contribution >= 4 is 17.3 Å². The first kappa shape index (κ1) is 27.8. The van der Waals surface area contributed by atoms with Crippen molar-refractivity contribution in [2.75, 3.05) is 0 Å². The Morgan fingerprint density at radius 3 is 2.24 bits per heavy atom. The number of carbonyl (C=O) groups is 3. The second-order valence-corrected chi connectivity index (χ2v) is 16.0. The lowest BCUT2D eigenvalue weighted by Gasteiger charge is -2.72. The van der Waals surface area contributed by atoms with E-state index in [9.17, 15) is 14.4 Å². The van der Waals surface area contributed by atoms with E-state index in [4.69, 9.17) is 6.57 Å². The lowest BCUT2D eigenvalue weighted by atomic mass is 9.31. The van der Waals surface area contributed by atoms with Gasteiger partial charge in [0.2, 0.25) is 5.70 Å². The van der Waals surface area contributed by atoms with Crippen molar-refractivity contribution in [3.05, 3.63) is 23.2 Å². The van der Waals surface area contributed by atoms with E-state index in [-0.39, 0.29) is 62.2 Å². The van der Waals surface area contributed by atoms with Crippen molar-refractivity contribution in [2.45, 2.75) is 120 Å². The van der Waals surface area contributed by atoms with Gasteiger partial charge in [0.1, 0.15) is 11.6 Å². The molecule has 8 atom stereocenters. The third-order valence-corrected chi connectivity index (χ3v) is 13.5. The Hall–Kier alpha value is -1.76. The van der Waals surface area contributed by atoms with Gasteiger partial charge in [-0.25, -0.2) is 4.85 Å². The molecule has 0 unspecified atom stereocenters. The van der Waals surface area contributed by atoms with E-state index in [2.05, 4.69) is 46.4 Å². The molecule has 38 heavy (non-hydrogen) atoms. The minimum Gasteiger partial charge on any atom is -0.307 e. The Labute approximate surface area is 230 Å². The summed E-state index contributed by atoms with van der Waals surface area (Å²) >= 11 is 0. The molecule has 4 saturated carbocycles. The lowest BCUT2D eigenvalue weighted by Crippen LogP contribution is -2.69. The van der Waals surface area contributed by atoms with Gasteiger partial charge in [0.15, 0.2) is 5.78 Å². The van der Waals surface area contributed by atoms with E-state index < -0.39 is 5.41 Å². The second-order valence-electron chi connectivity index (χ2n) is 16.0. The molecule has 4 nitrogen and oxygen atoms in total. The molecular weight excluding hydrogens is 470 g/mol. The number of hydrogen-bond acceptors (Lipinski definition) is 3. The number of allylic oxidation sites excluding steroid dienone is 2. The number of ketones is 3. The lowest BCUT2D eigenvalue weighted by molar-refractivity contribution is -0.221. The predicted octanol–water partition coefficient (Wildman–Crippen LogP) is 8.01. The monoisotopic (exact) mass is 519 g/mol. The molecule has 0 aliphatic heterocycles. The van der Waals surface area contributed by atoms with Gasteiger partial charge in [-0.2, -0.15) is 0 Å². The molecule has 0 amide bonds. The smallest absolute Gasteiger partial charge is 0.226 e. The average Bonchev–Trinajstić information content (AvgIpc) is 2.82. The molecule has 0 spiro atoms. The number of carbonyl (C=O) groups excluding carboxylic acids is 3. The van der Waals surface area contributed by atoms with Gasteiger partial charge in [-0.05, 0) is 90.8 Å². The molecule has 0 heterocycles. The topological polar surface area (TPSA) is 55.6 Å². The molecule has 5 aliphatic carbocycles. The van der Waals surface area contributed by atoms with Crippen molar-refractivity contribution < 1.29 is 14.4 Å². The molecule has 0 aromatic heterocycles. The van der Waals surface area contributed by atoms with Crippen molar-refractivity contribution in [1.82, 2.24) is 0 Å². The Morgan fingerprint density at radius 1 is 0.947 bits per heavy atom. The average molecular weight is 520 g/mol. The fraction of sp³-hybridized carbons (Fsp3) is 0.824. The molecule has 5 rings (SSSR count). The summed E-state index contributed by atoms with van der Waals surface area (Å²) in [5.74, 6) is 0.990. The van der Waals surface area contributed by atoms with Crippen LogP contribution in [0.1, 0.15) is 120 Å². The van der Waals surface area contributed by atoms with Crippen LogP contribution in [0.5, 0.6) is 0 Å². The van der Waals surface area contributed by atoms with Crippen LogP contribution in [0.2, 0.25) is 0 Å². The molecular formula is C34H49NO3. The minimum absolute atomic E-state index is 0.0360. The zero-order valence-electron chi connectivity index (χ0n) is 25.1. The summed E-state index contributed by atoms with van der Waals surface area (Å²) < 4.78 is 0. The SMILES string of the molecule is [C-]#[N+]C1=C[C@]2(C)[C@H]3CC(=O)[C@@H]4[C@@H]5CC(C)(C)CC[C@]5(C(=O)CCC)CC[C@@]4(C)[C@]3(C)CC[C@H]2C(C)(C)C1=O. The van der Waals surface area contributed by atoms with Crippen LogP contribution in [0.15, 0.2) is 11.8 Å². The summed E-state index contributed by atoms with van der Waals surface area (Å²) in [4.78, 5) is 45.4. The minimum atomic E-state index is -0.604. The standard InChI is InChI=1S/C34H49NO3/c1-10-11-26(37)34-16-14-29(2,3)19-21(34)27-23(36)18-25-31(6)20-22(35-9)28(38)30(4,5)24(31)12-13-32(25,7)33(27,8)15-17-34/h20-21,24-25,27H,10-19H2,1-8H3/t21-,24-,25+,27-,31-,32+,33+,34-/m0/s1. The van der Waals surface area contributed by atoms with Gasteiger partial charge in [-0.15, -0.1) is 0 Å². The van der Waals surface area contributed by atoms with Crippen molar-refractivity contribution in [2.24, 2.45) is 56.2 Å². The molecule has 5 aliphatic rings. The van der Waals surface area contributed by atoms with Crippen LogP contribution in [0.25, 0.3) is 4.85 Å². The second kappa shape index (κ2) is 8.37. The Morgan fingerprint density at radius 2 is 1.61 bits per heavy atom. The van der Waals surface area contributed by atoms with Gasteiger partial charge in [0.25, 0.3) is 0 Å². The van der Waals surface area contributed by atoms with E-state index in [1.54, 1.807) is 0 Å². The molecule has 0 saturated heterocycles. The zero-order chi connectivity index (χ0) is 28.1. The number of hydrogen-bond donors (Lipinski definition) is 0. The summed E-state index contributed by atoms with van der Waals surface area (Å²) in [5.41, 5.74) is -1.18. The van der Waals surface area contributed by atoms with E-state index >= 15 is 0 Å². The van der Waals surface area contributed by atoms with Gasteiger partial charge in [-0.1, -0.05) is 61.5 Å². The molecule has 0 aromatic rings. The molecule has 0 aromatic carbocycles. The normalized spacial score (nSPS) is 47.0. The van der Waals surface area contributed by atoms with Crippen molar-refractivity contribution in [3.8, 4) is 0 Å². The first-order chi connectivity index (χ1) is 17.5. The van der Waals surface area contributed by atoms with E-state index in [0.717, 1.165) is 51.4 Å². The maximum atomic E-state index is 14.6. The van der Waals surface area contributed by atoms with E-state index in [1.165, 1.54) is 0 Å². The Kier molecular flexibility index (Phi) is 6.12. The van der Waals surface area contributed by atoms with Crippen LogP contribution < -0.4 is 0 Å². The maximum Gasteiger partial charge on any atom is 0.226 e. The number of rotatable bonds is 3. The zero-order valence-corrected chi connectivity index (χ0v) is 25.1. The number of fused-ring (bicyclic) bond motifs is 7. The van der Waals surface area contributed by atoms with Crippen LogP contribution in [-0.4, -0.2) is 17.3 Å². The summed E-state index contributed by atoms with van der Waals surface area (Å²) in [6, 6.07) is 0. The third kappa shape index (κ3) is 3.35. The highest BCUT2D eigenvalue weighted by molar-refractivity contribution is 6.02. The Bertz CT molecular complexity index is 1150. The first-order valence-electron chi connectivity index (χ1n) is 15.3. The molecule has 208 valence electrons. The van der Waals surface area contributed by atoms with Gasteiger partial charge in [0, 0.05) is 29.6 Å². The molecule has 0 bridgehead atoms. The Balaban J connectivity index is 1.63. The molecule has 4 fully saturated rings. The van der Waals surface area contributed by atoms with Crippen LogP contribution >= 0.6 is 0 Å². The van der Waals surface area contributed by atoms with Crippen LogP contribution in [0.3, 0.4) is 0 Å². The van der Waals surface area contributed by atoms with Crippen molar-refractivity contribution in [3.63, 3.8) is 0 Å². The van der Waals surface area contributed by atoms with Crippen LogP contribution in [0, 0.1) is 62.7 Å². The highest BCUT2D eigenvalue weighted by atomic mass is 16.1. The number of nitrogens with zero attached hydrogens (tertiary/aromatic N) is 1. The summed E-state index contributed by atoms with van der Waals surface area (Å²) in [6.07, 6.45) is 10.7. The van der Waals surface area contributed by atoms with Gasteiger partial charge in [0.05, 0.1) is 6.57 Å². The van der Waals surface area contributed by atoms with E-state index in [0.29, 0.717) is 24.4 Å². The summed E-state index contributed by atoms with van der Waals surface area (Å²) in [5, 5.41) is 0. The summed E-state index contributed by atoms with van der Waals surface area (Å²) in [6.45, 7) is 25.6. The van der Waals surface area contributed by atoms with Gasteiger partial charge < -0.3 is 4.79 Å². The molecule has 0 N–H and O–H groups in total. The van der Waals surface area contributed by atoms with E-state index in [1.807, 2.05) is 19.9 Å². The van der Waals surface area contributed by atoms with Gasteiger partial charge in [-0.3, -0.25) is 9.59 Å². The first-order valence-corrected chi connectivity index (χ1v) is 15.3. The van der Waals surface area contributed by atoms with Gasteiger partial charge >= 0.3 is 0 Å². The summed E-state index contributed by atoms with van der Waals surface area (Å²) in [7, 11) is 0. The molecule has 4 heteroatoms. The quantitative estimate of drug-likeness (QED) is 0.355. The highest BCUT2D eigenvalue weighted by Crippen LogP contribution is 2.76. The maximum absolute atomic E-state index is 14.6.